The van der Waals surface area contributed by atoms with Gasteiger partial charge in [0.1, 0.15) is 0 Å². The number of nitrogens with one attached hydrogen (secondary N) is 1. The number of rotatable bonds is 3. The molecular weight excluding hydrogens is 274 g/mol. The first-order chi connectivity index (χ1) is 9.98. The van der Waals surface area contributed by atoms with Crippen molar-refractivity contribution in [2.45, 2.75) is 12.0 Å². The van der Waals surface area contributed by atoms with Gasteiger partial charge in [-0.3, -0.25) is 4.90 Å². The van der Waals surface area contributed by atoms with Gasteiger partial charge in [0.05, 0.1) is 18.2 Å². The van der Waals surface area contributed by atoms with Gasteiger partial charge in [-0.2, -0.15) is 5.26 Å². The number of nitriles is 1. The molecular formula is C14H15N3O4. The maximum atomic E-state index is 12.2. The summed E-state index contributed by atoms with van der Waals surface area (Å²) >= 11 is 0. The number of urea groups is 1. The molecule has 0 aliphatic carbocycles. The van der Waals surface area contributed by atoms with E-state index >= 15 is 0 Å². The SMILES string of the molecule is CN(C(=O)NC1(C(=O)O)CCOC1)c1cccc(C#N)c1. The lowest BCUT2D eigenvalue weighted by Gasteiger charge is -2.27. The predicted molar refractivity (Wildman–Crippen MR) is 73.9 cm³/mol. The van der Waals surface area contributed by atoms with Gasteiger partial charge in [-0.1, -0.05) is 6.07 Å². The number of benzene rings is 1. The summed E-state index contributed by atoms with van der Waals surface area (Å²) in [6.45, 7) is 0.236. The van der Waals surface area contributed by atoms with E-state index in [1.54, 1.807) is 24.3 Å². The quantitative estimate of drug-likeness (QED) is 0.862. The predicted octanol–water partition coefficient (Wildman–Crippen LogP) is 0.948. The van der Waals surface area contributed by atoms with Crippen LogP contribution in [0, 0.1) is 11.3 Å². The van der Waals surface area contributed by atoms with Crippen molar-refractivity contribution in [3.63, 3.8) is 0 Å². The van der Waals surface area contributed by atoms with E-state index in [-0.39, 0.29) is 13.0 Å². The minimum atomic E-state index is -1.39. The first-order valence-corrected chi connectivity index (χ1v) is 6.36. The van der Waals surface area contributed by atoms with Crippen LogP contribution in [0.1, 0.15) is 12.0 Å². The minimum absolute atomic E-state index is 0.0554. The third-order valence-corrected chi connectivity index (χ3v) is 3.44. The summed E-state index contributed by atoms with van der Waals surface area (Å²) in [6, 6.07) is 7.93. The van der Waals surface area contributed by atoms with E-state index in [0.717, 1.165) is 0 Å². The van der Waals surface area contributed by atoms with Gasteiger partial charge in [-0.25, -0.2) is 9.59 Å². The van der Waals surface area contributed by atoms with Crippen molar-refractivity contribution in [2.75, 3.05) is 25.2 Å². The van der Waals surface area contributed by atoms with Crippen LogP contribution >= 0.6 is 0 Å². The van der Waals surface area contributed by atoms with Crippen molar-refractivity contribution in [1.29, 1.82) is 5.26 Å². The van der Waals surface area contributed by atoms with E-state index in [2.05, 4.69) is 5.32 Å². The van der Waals surface area contributed by atoms with E-state index in [4.69, 9.17) is 10.00 Å². The number of hydrogen-bond donors (Lipinski definition) is 2. The molecule has 2 amide bonds. The molecule has 7 heteroatoms. The van der Waals surface area contributed by atoms with E-state index in [9.17, 15) is 14.7 Å². The van der Waals surface area contributed by atoms with Gasteiger partial charge in [-0.15, -0.1) is 0 Å². The van der Waals surface area contributed by atoms with E-state index in [1.807, 2.05) is 6.07 Å². The lowest BCUT2D eigenvalue weighted by molar-refractivity contribution is -0.144. The second-order valence-electron chi connectivity index (χ2n) is 4.84. The largest absolute Gasteiger partial charge is 0.479 e. The number of carbonyl (C=O) groups excluding carboxylic acids is 1. The molecule has 1 aromatic rings. The molecule has 1 aliphatic rings. The first-order valence-electron chi connectivity index (χ1n) is 6.36. The molecule has 110 valence electrons. The zero-order valence-electron chi connectivity index (χ0n) is 11.5. The molecule has 21 heavy (non-hydrogen) atoms. The lowest BCUT2D eigenvalue weighted by atomic mass is 9.99. The standard InChI is InChI=1S/C14H15N3O4/c1-17(11-4-2-3-10(7-11)8-15)13(20)16-14(12(18)19)5-6-21-9-14/h2-4,7H,5-6,9H2,1H3,(H,16,20)(H,18,19). The fourth-order valence-corrected chi connectivity index (χ4v) is 2.08. The molecule has 1 heterocycles. The molecule has 0 radical (unpaired) electrons. The maximum absolute atomic E-state index is 12.2. The zero-order valence-corrected chi connectivity index (χ0v) is 11.5. The Labute approximate surface area is 121 Å². The highest BCUT2D eigenvalue weighted by molar-refractivity contribution is 5.95. The van der Waals surface area contributed by atoms with Crippen molar-refractivity contribution >= 4 is 17.7 Å². The van der Waals surface area contributed by atoms with E-state index < -0.39 is 17.5 Å². The average Bonchev–Trinajstić information content (AvgIpc) is 2.96. The van der Waals surface area contributed by atoms with Crippen molar-refractivity contribution < 1.29 is 19.4 Å². The van der Waals surface area contributed by atoms with Crippen molar-refractivity contribution in [3.8, 4) is 6.07 Å². The van der Waals surface area contributed by atoms with Gasteiger partial charge in [-0.05, 0) is 18.2 Å². The molecule has 1 atom stereocenters. The van der Waals surface area contributed by atoms with Gasteiger partial charge < -0.3 is 15.2 Å². The number of carboxylic acid groups (broad SMARTS) is 1. The summed E-state index contributed by atoms with van der Waals surface area (Å²) < 4.78 is 5.09. The normalized spacial score (nSPS) is 20.6. The molecule has 0 bridgehead atoms. The number of carboxylic acids is 1. The van der Waals surface area contributed by atoms with Crippen LogP contribution in [-0.4, -0.2) is 42.9 Å². The average molecular weight is 289 g/mol. The van der Waals surface area contributed by atoms with Crippen molar-refractivity contribution in [1.82, 2.24) is 5.32 Å². The molecule has 1 fully saturated rings. The number of hydrogen-bond acceptors (Lipinski definition) is 4. The van der Waals surface area contributed by atoms with Crippen LogP contribution in [0.2, 0.25) is 0 Å². The maximum Gasteiger partial charge on any atom is 0.332 e. The third kappa shape index (κ3) is 2.95. The first kappa shape index (κ1) is 14.8. The van der Waals surface area contributed by atoms with Crippen LogP contribution in [0.4, 0.5) is 10.5 Å². The Balaban J connectivity index is 2.15. The van der Waals surface area contributed by atoms with Crippen LogP contribution in [0.5, 0.6) is 0 Å². The number of ether oxygens (including phenoxy) is 1. The summed E-state index contributed by atoms with van der Waals surface area (Å²) in [7, 11) is 1.51. The molecule has 1 saturated heterocycles. The van der Waals surface area contributed by atoms with Crippen LogP contribution in [0.25, 0.3) is 0 Å². The number of carbonyl (C=O) groups is 2. The van der Waals surface area contributed by atoms with Gasteiger partial charge in [0.2, 0.25) is 0 Å². The summed E-state index contributed by atoms with van der Waals surface area (Å²) in [6.07, 6.45) is 0.222. The van der Waals surface area contributed by atoms with Crippen LogP contribution in [0.3, 0.4) is 0 Å². The zero-order chi connectivity index (χ0) is 15.5. The van der Waals surface area contributed by atoms with Gasteiger partial charge in [0.25, 0.3) is 0 Å². The molecule has 2 N–H and O–H groups in total. The summed E-state index contributed by atoms with van der Waals surface area (Å²) in [5.74, 6) is -1.12. The Morgan fingerprint density at radius 1 is 1.52 bits per heavy atom. The topological polar surface area (TPSA) is 103 Å². The minimum Gasteiger partial charge on any atom is -0.479 e. The highest BCUT2D eigenvalue weighted by Crippen LogP contribution is 2.21. The lowest BCUT2D eigenvalue weighted by Crippen LogP contribution is -2.58. The Bertz CT molecular complexity index is 602. The molecule has 1 aromatic carbocycles. The highest BCUT2D eigenvalue weighted by Gasteiger charge is 2.44. The van der Waals surface area contributed by atoms with Crippen LogP contribution in [-0.2, 0) is 9.53 Å². The Kier molecular flexibility index (Phi) is 4.10. The molecule has 1 aliphatic heterocycles. The smallest absolute Gasteiger partial charge is 0.332 e. The van der Waals surface area contributed by atoms with Crippen LogP contribution < -0.4 is 10.2 Å². The third-order valence-electron chi connectivity index (χ3n) is 3.44. The van der Waals surface area contributed by atoms with Gasteiger partial charge in [0.15, 0.2) is 5.54 Å². The molecule has 0 spiro atoms. The number of nitrogens with zero attached hydrogens (tertiary/aromatic N) is 2. The Morgan fingerprint density at radius 3 is 2.86 bits per heavy atom. The second kappa shape index (κ2) is 5.81. The van der Waals surface area contributed by atoms with E-state index in [1.165, 1.54) is 11.9 Å². The fraction of sp³-hybridized carbons (Fsp3) is 0.357. The Hall–Kier alpha value is -2.59. The fourth-order valence-electron chi connectivity index (χ4n) is 2.08. The highest BCUT2D eigenvalue weighted by atomic mass is 16.5. The van der Waals surface area contributed by atoms with Crippen molar-refractivity contribution in [3.05, 3.63) is 29.8 Å². The van der Waals surface area contributed by atoms with Gasteiger partial charge in [0, 0.05) is 25.8 Å². The molecule has 7 nitrogen and oxygen atoms in total. The van der Waals surface area contributed by atoms with E-state index in [0.29, 0.717) is 17.9 Å². The van der Waals surface area contributed by atoms with Gasteiger partial charge >= 0.3 is 12.0 Å². The number of amides is 2. The molecule has 0 aromatic heterocycles. The summed E-state index contributed by atoms with van der Waals surface area (Å²) in [5.41, 5.74) is -0.464. The second-order valence-corrected chi connectivity index (χ2v) is 4.84. The summed E-state index contributed by atoms with van der Waals surface area (Å²) in [4.78, 5) is 24.9. The molecule has 0 saturated carbocycles. The monoisotopic (exact) mass is 289 g/mol. The van der Waals surface area contributed by atoms with Crippen molar-refractivity contribution in [2.24, 2.45) is 0 Å². The number of aliphatic carboxylic acids is 1. The number of anilines is 1. The Morgan fingerprint density at radius 2 is 2.29 bits per heavy atom. The molecule has 1 unspecified atom stereocenters. The summed E-state index contributed by atoms with van der Waals surface area (Å²) in [5, 5.41) is 20.7. The van der Waals surface area contributed by atoms with Crippen LogP contribution in [0.15, 0.2) is 24.3 Å². The molecule has 2 rings (SSSR count).